The van der Waals surface area contributed by atoms with Crippen LogP contribution in [0.3, 0.4) is 0 Å². The summed E-state index contributed by atoms with van der Waals surface area (Å²) < 4.78 is 0.895. The molecule has 3 saturated heterocycles. The van der Waals surface area contributed by atoms with Crippen LogP contribution in [0, 0.1) is 17.8 Å². The number of aliphatic hydroxyl groups excluding tert-OH is 1. The van der Waals surface area contributed by atoms with E-state index in [1.165, 1.54) is 4.90 Å². The van der Waals surface area contributed by atoms with Crippen molar-refractivity contribution in [3.8, 4) is 0 Å². The van der Waals surface area contributed by atoms with E-state index in [0.29, 0.717) is 0 Å². The number of benzene rings is 1. The van der Waals surface area contributed by atoms with Crippen molar-refractivity contribution < 1.29 is 19.5 Å². The fourth-order valence-corrected chi connectivity index (χ4v) is 8.48. The summed E-state index contributed by atoms with van der Waals surface area (Å²) in [5, 5.41) is 23.8. The molecule has 4 heterocycles. The van der Waals surface area contributed by atoms with Gasteiger partial charge in [0.05, 0.1) is 34.7 Å². The first-order valence-electron chi connectivity index (χ1n) is 11.2. The van der Waals surface area contributed by atoms with Crippen LogP contribution in [0.25, 0.3) is 11.0 Å². The Morgan fingerprint density at radius 2 is 2.09 bits per heavy atom. The Kier molecular flexibility index (Phi) is 5.36. The molecule has 10 nitrogen and oxygen atoms in total. The Balaban J connectivity index is 1.49. The van der Waals surface area contributed by atoms with Gasteiger partial charge < -0.3 is 20.6 Å². The number of aliphatic hydroxyl groups is 1. The van der Waals surface area contributed by atoms with Gasteiger partial charge in [0.2, 0.25) is 17.7 Å². The van der Waals surface area contributed by atoms with Crippen molar-refractivity contribution in [2.75, 3.05) is 13.7 Å². The zero-order chi connectivity index (χ0) is 23.5. The Labute approximate surface area is 195 Å². The fraction of sp³-hybridized carbons (Fsp3) is 0.591. The largest absolute Gasteiger partial charge is 0.394 e. The number of nitrogens with one attached hydrogen (secondary N) is 2. The van der Waals surface area contributed by atoms with E-state index in [9.17, 15) is 19.5 Å². The number of carbonyl (C=O) groups excluding carboxylic acids is 3. The van der Waals surface area contributed by atoms with Crippen LogP contribution in [0.15, 0.2) is 24.3 Å². The number of fused-ring (bicyclic) bond motifs is 2. The second-order valence-electron chi connectivity index (χ2n) is 9.22. The van der Waals surface area contributed by atoms with E-state index < -0.39 is 28.7 Å². The van der Waals surface area contributed by atoms with Crippen molar-refractivity contribution in [1.29, 1.82) is 0 Å². The van der Waals surface area contributed by atoms with Crippen LogP contribution < -0.4 is 10.6 Å². The predicted molar refractivity (Wildman–Crippen MR) is 122 cm³/mol. The number of para-hydroxylation sites is 1. The minimum Gasteiger partial charge on any atom is -0.394 e. The zero-order valence-electron chi connectivity index (χ0n) is 18.8. The molecule has 33 heavy (non-hydrogen) atoms. The number of hydrogen-bond donors (Lipinski definition) is 3. The average molecular weight is 473 g/mol. The van der Waals surface area contributed by atoms with Crippen LogP contribution >= 0.6 is 11.8 Å². The normalized spacial score (nSPS) is 33.4. The molecular weight excluding hydrogens is 444 g/mol. The van der Waals surface area contributed by atoms with Gasteiger partial charge in [-0.2, -0.15) is 0 Å². The van der Waals surface area contributed by atoms with Gasteiger partial charge in [-0.1, -0.05) is 24.3 Å². The number of rotatable bonds is 6. The van der Waals surface area contributed by atoms with E-state index in [1.54, 1.807) is 30.4 Å². The van der Waals surface area contributed by atoms with Gasteiger partial charge in [-0.3, -0.25) is 14.4 Å². The summed E-state index contributed by atoms with van der Waals surface area (Å²) in [4.78, 5) is 41.7. The minimum absolute atomic E-state index is 0.00459. The Hall–Kier alpha value is -2.66. The lowest BCUT2D eigenvalue weighted by Gasteiger charge is -2.39. The van der Waals surface area contributed by atoms with Crippen molar-refractivity contribution in [2.45, 2.75) is 49.0 Å². The number of hydrogen-bond acceptors (Lipinski definition) is 7. The predicted octanol–water partition coefficient (Wildman–Crippen LogP) is -0.0310. The van der Waals surface area contributed by atoms with E-state index in [2.05, 4.69) is 27.9 Å². The van der Waals surface area contributed by atoms with Gasteiger partial charge in [-0.25, -0.2) is 4.68 Å². The molecule has 3 N–H and O–H groups in total. The van der Waals surface area contributed by atoms with Gasteiger partial charge in [-0.15, -0.1) is 16.9 Å². The van der Waals surface area contributed by atoms with Crippen LogP contribution in [0.1, 0.15) is 20.3 Å². The van der Waals surface area contributed by atoms with Crippen LogP contribution in [0.2, 0.25) is 0 Å². The van der Waals surface area contributed by atoms with Crippen LogP contribution in [-0.2, 0) is 21.1 Å². The smallest absolute Gasteiger partial charge is 0.245 e. The highest BCUT2D eigenvalue weighted by Crippen LogP contribution is 2.68. The minimum atomic E-state index is -0.786. The van der Waals surface area contributed by atoms with Crippen LogP contribution in [0.4, 0.5) is 0 Å². The molecule has 1 aromatic carbocycles. The summed E-state index contributed by atoms with van der Waals surface area (Å²) in [6, 6.07) is 6.14. The second kappa shape index (κ2) is 7.98. The monoisotopic (exact) mass is 472 g/mol. The molecule has 11 heteroatoms. The standard InChI is InChI=1S/C22H28N6O4S/c1-11-8-15-16(19(30)23-3)17-21(32)28(12(2)9-29)18(22(11,17)33-15)20(31)24-10-27-14-7-5-4-6-13(14)25-26-27/h4-7,11-12,15-18,29H,8-10H2,1-3H3,(H,23,30)(H,24,31)/t11?,12-,15+,16-,17+,18?,22?/m1/s1. The molecule has 1 spiro atoms. The highest BCUT2D eigenvalue weighted by atomic mass is 32.2. The van der Waals surface area contributed by atoms with Crippen molar-refractivity contribution >= 4 is 40.5 Å². The topological polar surface area (TPSA) is 129 Å². The van der Waals surface area contributed by atoms with E-state index >= 15 is 0 Å². The molecule has 3 aliphatic heterocycles. The highest BCUT2D eigenvalue weighted by molar-refractivity contribution is 8.02. The number of aromatic nitrogens is 3. The molecule has 3 fully saturated rings. The van der Waals surface area contributed by atoms with E-state index in [4.69, 9.17) is 0 Å². The summed E-state index contributed by atoms with van der Waals surface area (Å²) in [5.74, 6) is -1.68. The Morgan fingerprint density at radius 3 is 2.82 bits per heavy atom. The summed E-state index contributed by atoms with van der Waals surface area (Å²) >= 11 is 1.61. The zero-order valence-corrected chi connectivity index (χ0v) is 19.6. The summed E-state index contributed by atoms with van der Waals surface area (Å²) in [6.07, 6.45) is 0.769. The summed E-state index contributed by atoms with van der Waals surface area (Å²) in [6.45, 7) is 3.63. The molecule has 0 radical (unpaired) electrons. The number of carbonyl (C=O) groups is 3. The molecule has 176 valence electrons. The third-order valence-electron chi connectivity index (χ3n) is 7.54. The fourth-order valence-electron chi connectivity index (χ4n) is 6.07. The number of nitrogens with zero attached hydrogens (tertiary/aromatic N) is 4. The van der Waals surface area contributed by atoms with Gasteiger partial charge in [-0.05, 0) is 31.4 Å². The van der Waals surface area contributed by atoms with E-state index in [-0.39, 0.29) is 42.2 Å². The van der Waals surface area contributed by atoms with E-state index in [1.807, 2.05) is 24.3 Å². The third kappa shape index (κ3) is 3.01. The lowest BCUT2D eigenvalue weighted by atomic mass is 9.66. The average Bonchev–Trinajstić information content (AvgIpc) is 3.53. The maximum atomic E-state index is 13.7. The molecule has 5 rings (SSSR count). The Morgan fingerprint density at radius 1 is 1.33 bits per heavy atom. The van der Waals surface area contributed by atoms with Crippen molar-refractivity contribution in [3.05, 3.63) is 24.3 Å². The molecule has 1 aromatic heterocycles. The summed E-state index contributed by atoms with van der Waals surface area (Å²) in [7, 11) is 1.58. The van der Waals surface area contributed by atoms with Crippen LogP contribution in [-0.4, -0.2) is 78.5 Å². The first-order chi connectivity index (χ1) is 15.8. The molecule has 0 aliphatic carbocycles. The third-order valence-corrected chi connectivity index (χ3v) is 9.62. The maximum absolute atomic E-state index is 13.7. The molecule has 2 aromatic rings. The number of amides is 3. The molecule has 3 aliphatic rings. The molecule has 7 atom stereocenters. The quantitative estimate of drug-likeness (QED) is 0.538. The molecule has 0 saturated carbocycles. The lowest BCUT2D eigenvalue weighted by molar-refractivity contribution is -0.142. The first kappa shape index (κ1) is 22.1. The number of likely N-dealkylation sites (tertiary alicyclic amines) is 1. The molecule has 3 unspecified atom stereocenters. The van der Waals surface area contributed by atoms with Crippen molar-refractivity contribution in [1.82, 2.24) is 30.5 Å². The SMILES string of the molecule is CNC(=O)[C@@H]1[C@@H]2CC(C)C3(S2)C(C(=O)NCn2nnc4ccccc42)N([C@H](C)CO)C(=O)[C@H]13. The first-order valence-corrected chi connectivity index (χ1v) is 12.1. The van der Waals surface area contributed by atoms with E-state index in [0.717, 1.165) is 17.5 Å². The lowest BCUT2D eigenvalue weighted by Crippen LogP contribution is -2.58. The maximum Gasteiger partial charge on any atom is 0.245 e. The van der Waals surface area contributed by atoms with Gasteiger partial charge >= 0.3 is 0 Å². The number of thioether (sulfide) groups is 1. The van der Waals surface area contributed by atoms with Gasteiger partial charge in [0, 0.05) is 12.3 Å². The van der Waals surface area contributed by atoms with Gasteiger partial charge in [0.25, 0.3) is 0 Å². The van der Waals surface area contributed by atoms with Gasteiger partial charge in [0.1, 0.15) is 18.2 Å². The van der Waals surface area contributed by atoms with Crippen LogP contribution in [0.5, 0.6) is 0 Å². The highest BCUT2D eigenvalue weighted by Gasteiger charge is 2.76. The molecule has 2 bridgehead atoms. The summed E-state index contributed by atoms with van der Waals surface area (Å²) in [5.41, 5.74) is 1.52. The molecular formula is C22H28N6O4S. The Bertz CT molecular complexity index is 1120. The van der Waals surface area contributed by atoms with Crippen molar-refractivity contribution in [3.63, 3.8) is 0 Å². The molecule has 3 amide bonds. The van der Waals surface area contributed by atoms with Crippen molar-refractivity contribution in [2.24, 2.45) is 17.8 Å². The second-order valence-corrected chi connectivity index (χ2v) is 10.8. The van der Waals surface area contributed by atoms with Gasteiger partial charge in [0.15, 0.2) is 0 Å².